The van der Waals surface area contributed by atoms with Gasteiger partial charge in [-0.3, -0.25) is 9.59 Å². The van der Waals surface area contributed by atoms with Crippen LogP contribution in [0.3, 0.4) is 0 Å². The molecule has 0 radical (unpaired) electrons. The Morgan fingerprint density at radius 2 is 1.88 bits per heavy atom. The van der Waals surface area contributed by atoms with Crippen molar-refractivity contribution in [3.63, 3.8) is 0 Å². The van der Waals surface area contributed by atoms with Crippen LogP contribution in [0.5, 0.6) is 0 Å². The standard InChI is InChI=1S/C19H24N2O5/c1-12-9-20(11-16(26-12)19(24)25)18(23)15-8-17(22)21(10-15)13(2)14-6-4-3-5-7-14/h3-7,12-13,15-16H,8-11H2,1-2H3,(H,24,25)/t12-,13?,15?,16?/m1/s1. The van der Waals surface area contributed by atoms with E-state index < -0.39 is 18.0 Å². The maximum Gasteiger partial charge on any atom is 0.334 e. The van der Waals surface area contributed by atoms with Gasteiger partial charge in [-0.05, 0) is 19.4 Å². The van der Waals surface area contributed by atoms with Gasteiger partial charge in [0, 0.05) is 19.5 Å². The molecule has 3 rings (SSSR count). The quantitative estimate of drug-likeness (QED) is 0.874. The summed E-state index contributed by atoms with van der Waals surface area (Å²) in [6, 6.07) is 9.61. The largest absolute Gasteiger partial charge is 0.479 e. The summed E-state index contributed by atoms with van der Waals surface area (Å²) in [5, 5.41) is 9.18. The monoisotopic (exact) mass is 360 g/mol. The fourth-order valence-electron chi connectivity index (χ4n) is 3.71. The number of likely N-dealkylation sites (tertiary alicyclic amines) is 1. The minimum Gasteiger partial charge on any atom is -0.479 e. The third-order valence-electron chi connectivity index (χ3n) is 5.10. The van der Waals surface area contributed by atoms with E-state index in [-0.39, 0.29) is 36.9 Å². The van der Waals surface area contributed by atoms with Gasteiger partial charge >= 0.3 is 5.97 Å². The zero-order valence-corrected chi connectivity index (χ0v) is 15.0. The molecular formula is C19H24N2O5. The van der Waals surface area contributed by atoms with Gasteiger partial charge in [-0.25, -0.2) is 4.79 Å². The average molecular weight is 360 g/mol. The lowest BCUT2D eigenvalue weighted by atomic mass is 10.1. The smallest absolute Gasteiger partial charge is 0.334 e. The van der Waals surface area contributed by atoms with Crippen LogP contribution in [0.15, 0.2) is 30.3 Å². The number of carboxylic acid groups (broad SMARTS) is 1. The minimum absolute atomic E-state index is 0.0252. The van der Waals surface area contributed by atoms with E-state index in [2.05, 4.69) is 0 Å². The van der Waals surface area contributed by atoms with Gasteiger partial charge in [0.05, 0.1) is 24.6 Å². The van der Waals surface area contributed by atoms with E-state index in [0.29, 0.717) is 13.1 Å². The van der Waals surface area contributed by atoms with Crippen molar-refractivity contribution >= 4 is 17.8 Å². The molecule has 3 unspecified atom stereocenters. The third kappa shape index (κ3) is 3.72. The molecule has 0 aliphatic carbocycles. The van der Waals surface area contributed by atoms with E-state index in [9.17, 15) is 19.5 Å². The van der Waals surface area contributed by atoms with Crippen LogP contribution in [0, 0.1) is 5.92 Å². The summed E-state index contributed by atoms with van der Waals surface area (Å²) in [6.45, 7) is 4.44. The maximum absolute atomic E-state index is 12.9. The fourth-order valence-corrected chi connectivity index (χ4v) is 3.71. The number of aliphatic carboxylic acids is 1. The fraction of sp³-hybridized carbons (Fsp3) is 0.526. The highest BCUT2D eigenvalue weighted by Crippen LogP contribution is 2.30. The second kappa shape index (κ2) is 7.45. The summed E-state index contributed by atoms with van der Waals surface area (Å²) in [5.74, 6) is -1.72. The number of morpholine rings is 1. The minimum atomic E-state index is -1.07. The van der Waals surface area contributed by atoms with E-state index in [0.717, 1.165) is 5.56 Å². The van der Waals surface area contributed by atoms with Gasteiger partial charge in [-0.1, -0.05) is 30.3 Å². The number of rotatable bonds is 4. The first-order valence-electron chi connectivity index (χ1n) is 8.88. The van der Waals surface area contributed by atoms with Gasteiger partial charge in [0.25, 0.3) is 0 Å². The van der Waals surface area contributed by atoms with E-state index in [1.165, 1.54) is 4.90 Å². The topological polar surface area (TPSA) is 87.2 Å². The van der Waals surface area contributed by atoms with Crippen molar-refractivity contribution in [1.29, 1.82) is 0 Å². The molecule has 4 atom stereocenters. The lowest BCUT2D eigenvalue weighted by Gasteiger charge is -2.36. The highest BCUT2D eigenvalue weighted by atomic mass is 16.5. The molecule has 2 heterocycles. The Balaban J connectivity index is 1.68. The molecule has 1 N–H and O–H groups in total. The van der Waals surface area contributed by atoms with Gasteiger partial charge in [0.2, 0.25) is 11.8 Å². The van der Waals surface area contributed by atoms with Crippen LogP contribution in [0.2, 0.25) is 0 Å². The number of benzene rings is 1. The molecule has 140 valence electrons. The van der Waals surface area contributed by atoms with Crippen molar-refractivity contribution in [1.82, 2.24) is 9.80 Å². The molecule has 1 aromatic rings. The Kier molecular flexibility index (Phi) is 5.27. The molecule has 0 saturated carbocycles. The maximum atomic E-state index is 12.9. The van der Waals surface area contributed by atoms with Crippen LogP contribution >= 0.6 is 0 Å². The van der Waals surface area contributed by atoms with E-state index >= 15 is 0 Å². The van der Waals surface area contributed by atoms with Crippen LogP contribution in [0.1, 0.15) is 31.9 Å². The molecule has 7 nitrogen and oxygen atoms in total. The van der Waals surface area contributed by atoms with Crippen LogP contribution < -0.4 is 0 Å². The van der Waals surface area contributed by atoms with Crippen molar-refractivity contribution < 1.29 is 24.2 Å². The normalized spacial score (nSPS) is 27.5. The first-order valence-corrected chi connectivity index (χ1v) is 8.88. The molecule has 7 heteroatoms. The van der Waals surface area contributed by atoms with E-state index in [4.69, 9.17) is 4.74 Å². The van der Waals surface area contributed by atoms with Crippen molar-refractivity contribution in [3.8, 4) is 0 Å². The summed E-state index contributed by atoms with van der Waals surface area (Å²) in [6.07, 6.45) is -1.19. The van der Waals surface area contributed by atoms with Crippen LogP contribution in [-0.4, -0.2) is 64.5 Å². The SMILES string of the molecule is CC(c1ccccc1)N1CC(C(=O)N2CC(C(=O)O)O[C@H](C)C2)CC1=O. The van der Waals surface area contributed by atoms with Gasteiger partial charge in [0.15, 0.2) is 6.10 Å². The van der Waals surface area contributed by atoms with Crippen molar-refractivity contribution in [3.05, 3.63) is 35.9 Å². The molecule has 2 aliphatic heterocycles. The molecule has 26 heavy (non-hydrogen) atoms. The van der Waals surface area contributed by atoms with Crippen LogP contribution in [0.25, 0.3) is 0 Å². The molecule has 0 spiro atoms. The highest BCUT2D eigenvalue weighted by molar-refractivity contribution is 5.90. The molecule has 2 aliphatic rings. The Labute approximate surface area is 152 Å². The number of hydrogen-bond donors (Lipinski definition) is 1. The Hall–Kier alpha value is -2.41. The summed E-state index contributed by atoms with van der Waals surface area (Å²) in [7, 11) is 0. The second-order valence-corrected chi connectivity index (χ2v) is 7.05. The average Bonchev–Trinajstić information content (AvgIpc) is 3.02. The zero-order valence-electron chi connectivity index (χ0n) is 15.0. The molecule has 0 aromatic heterocycles. The Morgan fingerprint density at radius 1 is 1.19 bits per heavy atom. The van der Waals surface area contributed by atoms with Crippen molar-refractivity contribution in [2.24, 2.45) is 5.92 Å². The predicted molar refractivity (Wildman–Crippen MR) is 93.2 cm³/mol. The molecule has 2 saturated heterocycles. The van der Waals surface area contributed by atoms with Gasteiger partial charge < -0.3 is 19.6 Å². The van der Waals surface area contributed by atoms with E-state index in [1.807, 2.05) is 37.3 Å². The number of carboxylic acids is 1. The van der Waals surface area contributed by atoms with E-state index in [1.54, 1.807) is 11.8 Å². The van der Waals surface area contributed by atoms with Crippen molar-refractivity contribution in [2.45, 2.75) is 38.5 Å². The molecule has 0 bridgehead atoms. The summed E-state index contributed by atoms with van der Waals surface area (Å²) < 4.78 is 5.36. The number of carbonyl (C=O) groups excluding carboxylic acids is 2. The lowest BCUT2D eigenvalue weighted by molar-refractivity contribution is -0.167. The van der Waals surface area contributed by atoms with Gasteiger partial charge in [-0.2, -0.15) is 0 Å². The van der Waals surface area contributed by atoms with Crippen LogP contribution in [0.4, 0.5) is 0 Å². The summed E-state index contributed by atoms with van der Waals surface area (Å²) in [5.41, 5.74) is 1.03. The number of nitrogens with zero attached hydrogens (tertiary/aromatic N) is 2. The van der Waals surface area contributed by atoms with Gasteiger partial charge in [0.1, 0.15) is 0 Å². The molecule has 1 aromatic carbocycles. The third-order valence-corrected chi connectivity index (χ3v) is 5.10. The van der Waals surface area contributed by atoms with Crippen molar-refractivity contribution in [2.75, 3.05) is 19.6 Å². The summed E-state index contributed by atoms with van der Waals surface area (Å²) in [4.78, 5) is 39.8. The summed E-state index contributed by atoms with van der Waals surface area (Å²) >= 11 is 0. The first kappa shape index (κ1) is 18.4. The zero-order chi connectivity index (χ0) is 18.8. The first-order chi connectivity index (χ1) is 12.4. The Bertz CT molecular complexity index is 692. The van der Waals surface area contributed by atoms with Gasteiger partial charge in [-0.15, -0.1) is 0 Å². The molecule has 2 fully saturated rings. The number of carbonyl (C=O) groups is 3. The highest BCUT2D eigenvalue weighted by Gasteiger charge is 2.41. The lowest BCUT2D eigenvalue weighted by Crippen LogP contribution is -2.53. The molecular weight excluding hydrogens is 336 g/mol. The second-order valence-electron chi connectivity index (χ2n) is 7.05. The number of ether oxygens (including phenoxy) is 1. The Morgan fingerprint density at radius 3 is 2.54 bits per heavy atom. The predicted octanol–water partition coefficient (Wildman–Crippen LogP) is 1.30. The number of amides is 2. The number of hydrogen-bond acceptors (Lipinski definition) is 4. The molecule has 2 amide bonds. The van der Waals surface area contributed by atoms with Crippen LogP contribution in [-0.2, 0) is 19.1 Å².